The van der Waals surface area contributed by atoms with Crippen molar-refractivity contribution in [3.8, 4) is 17.6 Å². The molecule has 1 aliphatic carbocycles. The van der Waals surface area contributed by atoms with Crippen molar-refractivity contribution >= 4 is 0 Å². The first-order valence-electron chi connectivity index (χ1n) is 7.86. The zero-order chi connectivity index (χ0) is 14.9. The molecule has 1 fully saturated rings. The highest BCUT2D eigenvalue weighted by Crippen LogP contribution is 2.26. The summed E-state index contributed by atoms with van der Waals surface area (Å²) < 4.78 is 5.79. The third-order valence-corrected chi connectivity index (χ3v) is 4.03. The summed E-state index contributed by atoms with van der Waals surface area (Å²) in [5, 5.41) is 8.66. The zero-order valence-corrected chi connectivity index (χ0v) is 12.8. The summed E-state index contributed by atoms with van der Waals surface area (Å²) in [5.41, 5.74) is 0.900. The summed E-state index contributed by atoms with van der Waals surface area (Å²) in [6.45, 7) is 6.13. The van der Waals surface area contributed by atoms with E-state index in [1.54, 1.807) is 0 Å². The first kappa shape index (κ1) is 15.9. The number of rotatable bonds is 7. The molecule has 1 aliphatic rings. The Bertz CT molecular complexity index is 468. The average Bonchev–Trinajstić information content (AvgIpc) is 2.48. The second-order valence-electron chi connectivity index (χ2n) is 5.52. The Morgan fingerprint density at radius 1 is 1.29 bits per heavy atom. The molecule has 1 aromatic carbocycles. The second kappa shape index (κ2) is 8.71. The van der Waals surface area contributed by atoms with Gasteiger partial charge < -0.3 is 9.84 Å². The number of benzene rings is 1. The minimum atomic E-state index is -0.105. The highest BCUT2D eigenvalue weighted by molar-refractivity contribution is 5.38. The molecule has 0 spiro atoms. The molecule has 0 radical (unpaired) electrons. The summed E-state index contributed by atoms with van der Waals surface area (Å²) in [4.78, 5) is 2.48. The molecule has 0 bridgehead atoms. The predicted molar refractivity (Wildman–Crippen MR) is 85.4 cm³/mol. The minimum absolute atomic E-state index is 0.105. The fourth-order valence-corrected chi connectivity index (χ4v) is 2.49. The Morgan fingerprint density at radius 3 is 2.62 bits per heavy atom. The van der Waals surface area contributed by atoms with Gasteiger partial charge in [0.2, 0.25) is 0 Å². The van der Waals surface area contributed by atoms with Gasteiger partial charge in [-0.2, -0.15) is 0 Å². The molecule has 2 rings (SSSR count). The number of ether oxygens (including phenoxy) is 1. The monoisotopic (exact) mass is 287 g/mol. The van der Waals surface area contributed by atoms with Crippen LogP contribution < -0.4 is 4.74 Å². The topological polar surface area (TPSA) is 32.7 Å². The molecule has 0 amide bonds. The predicted octanol–water partition coefficient (Wildman–Crippen LogP) is 2.53. The second-order valence-corrected chi connectivity index (χ2v) is 5.52. The van der Waals surface area contributed by atoms with E-state index < -0.39 is 0 Å². The molecular weight excluding hydrogens is 262 g/mol. The van der Waals surface area contributed by atoms with E-state index >= 15 is 0 Å². The van der Waals surface area contributed by atoms with Crippen LogP contribution in [0.3, 0.4) is 0 Å². The maximum Gasteiger partial charge on any atom is 0.119 e. The first-order chi connectivity index (χ1) is 10.3. The van der Waals surface area contributed by atoms with Crippen LogP contribution in [-0.4, -0.2) is 42.9 Å². The van der Waals surface area contributed by atoms with E-state index in [9.17, 15) is 0 Å². The van der Waals surface area contributed by atoms with E-state index in [4.69, 9.17) is 9.84 Å². The van der Waals surface area contributed by atoms with Crippen LogP contribution >= 0.6 is 0 Å². The lowest BCUT2D eigenvalue weighted by molar-refractivity contribution is 0.158. The van der Waals surface area contributed by atoms with Gasteiger partial charge >= 0.3 is 0 Å². The number of nitrogens with zero attached hydrogens (tertiary/aromatic N) is 1. The summed E-state index contributed by atoms with van der Waals surface area (Å²) in [6.07, 6.45) is 4.20. The number of likely N-dealkylation sites (N-methyl/N-ethyl adjacent to an activating group) is 1. The van der Waals surface area contributed by atoms with E-state index in [2.05, 4.69) is 23.7 Å². The molecule has 3 nitrogen and oxygen atoms in total. The molecule has 1 saturated carbocycles. The lowest BCUT2D eigenvalue weighted by Crippen LogP contribution is -2.35. The largest absolute Gasteiger partial charge is 0.492 e. The van der Waals surface area contributed by atoms with Gasteiger partial charge in [-0.05, 0) is 49.6 Å². The standard InChI is InChI=1S/C18H25NO2/c1-2-19(15-17-5-3-6-17)12-14-21-18-10-8-16(9-11-18)7-4-13-20/h8-11,17,20H,2-3,5-6,12-15H2,1H3. The molecule has 3 heteroatoms. The van der Waals surface area contributed by atoms with Crippen LogP contribution in [0.25, 0.3) is 0 Å². The summed E-state index contributed by atoms with van der Waals surface area (Å²) in [5.74, 6) is 7.30. The molecule has 0 atom stereocenters. The van der Waals surface area contributed by atoms with E-state index in [1.165, 1.54) is 25.8 Å². The lowest BCUT2D eigenvalue weighted by atomic mass is 9.85. The van der Waals surface area contributed by atoms with Crippen molar-refractivity contribution < 1.29 is 9.84 Å². The van der Waals surface area contributed by atoms with Crippen LogP contribution in [-0.2, 0) is 0 Å². The van der Waals surface area contributed by atoms with Crippen LogP contribution in [0.15, 0.2) is 24.3 Å². The van der Waals surface area contributed by atoms with Crippen LogP contribution in [0.4, 0.5) is 0 Å². The maximum absolute atomic E-state index is 8.66. The molecule has 1 aromatic rings. The molecule has 0 saturated heterocycles. The molecule has 0 aliphatic heterocycles. The fourth-order valence-electron chi connectivity index (χ4n) is 2.49. The van der Waals surface area contributed by atoms with Crippen molar-refractivity contribution in [2.75, 3.05) is 32.8 Å². The van der Waals surface area contributed by atoms with Gasteiger partial charge in [-0.15, -0.1) is 0 Å². The summed E-state index contributed by atoms with van der Waals surface area (Å²) in [6, 6.07) is 7.71. The Hall–Kier alpha value is -1.50. The van der Waals surface area contributed by atoms with Gasteiger partial charge in [0.15, 0.2) is 0 Å². The van der Waals surface area contributed by atoms with Crippen molar-refractivity contribution in [3.63, 3.8) is 0 Å². The van der Waals surface area contributed by atoms with Crippen LogP contribution in [0.1, 0.15) is 31.7 Å². The molecule has 0 unspecified atom stereocenters. The normalized spacial score (nSPS) is 14.4. The van der Waals surface area contributed by atoms with Crippen molar-refractivity contribution in [2.45, 2.75) is 26.2 Å². The number of hydrogen-bond donors (Lipinski definition) is 1. The van der Waals surface area contributed by atoms with Gasteiger partial charge in [0, 0.05) is 18.7 Å². The third-order valence-electron chi connectivity index (χ3n) is 4.03. The zero-order valence-electron chi connectivity index (χ0n) is 12.8. The quantitative estimate of drug-likeness (QED) is 0.782. The molecule has 0 aromatic heterocycles. The van der Waals surface area contributed by atoms with Crippen molar-refractivity contribution in [2.24, 2.45) is 5.92 Å². The summed E-state index contributed by atoms with van der Waals surface area (Å²) >= 11 is 0. The van der Waals surface area contributed by atoms with Crippen LogP contribution in [0, 0.1) is 17.8 Å². The van der Waals surface area contributed by atoms with Gasteiger partial charge in [0.25, 0.3) is 0 Å². The van der Waals surface area contributed by atoms with E-state index in [-0.39, 0.29) is 6.61 Å². The maximum atomic E-state index is 8.66. The van der Waals surface area contributed by atoms with Gasteiger partial charge in [-0.3, -0.25) is 4.90 Å². The highest BCUT2D eigenvalue weighted by Gasteiger charge is 2.19. The minimum Gasteiger partial charge on any atom is -0.492 e. The average molecular weight is 287 g/mol. The van der Waals surface area contributed by atoms with E-state index in [0.717, 1.165) is 36.9 Å². The van der Waals surface area contributed by atoms with Crippen LogP contribution in [0.2, 0.25) is 0 Å². The Balaban J connectivity index is 1.71. The molecule has 114 valence electrons. The van der Waals surface area contributed by atoms with Crippen molar-refractivity contribution in [1.82, 2.24) is 4.90 Å². The summed E-state index contributed by atoms with van der Waals surface area (Å²) in [7, 11) is 0. The number of aliphatic hydroxyl groups is 1. The SMILES string of the molecule is CCN(CCOc1ccc(C#CCO)cc1)CC1CCC1. The van der Waals surface area contributed by atoms with E-state index in [0.29, 0.717) is 0 Å². The van der Waals surface area contributed by atoms with E-state index in [1.807, 2.05) is 24.3 Å². The van der Waals surface area contributed by atoms with Crippen molar-refractivity contribution in [3.05, 3.63) is 29.8 Å². The first-order valence-corrected chi connectivity index (χ1v) is 7.86. The Labute approximate surface area is 127 Å². The Kier molecular flexibility index (Phi) is 6.59. The number of aliphatic hydroxyl groups excluding tert-OH is 1. The van der Waals surface area contributed by atoms with Gasteiger partial charge in [0.05, 0.1) is 0 Å². The van der Waals surface area contributed by atoms with Gasteiger partial charge in [-0.1, -0.05) is 25.2 Å². The fraction of sp³-hybridized carbons (Fsp3) is 0.556. The molecule has 21 heavy (non-hydrogen) atoms. The number of hydrogen-bond acceptors (Lipinski definition) is 3. The smallest absolute Gasteiger partial charge is 0.119 e. The lowest BCUT2D eigenvalue weighted by Gasteiger charge is -2.31. The molecule has 0 heterocycles. The molecule has 1 N–H and O–H groups in total. The van der Waals surface area contributed by atoms with Crippen molar-refractivity contribution in [1.29, 1.82) is 0 Å². The van der Waals surface area contributed by atoms with Crippen LogP contribution in [0.5, 0.6) is 5.75 Å². The third kappa shape index (κ3) is 5.41. The van der Waals surface area contributed by atoms with Gasteiger partial charge in [-0.25, -0.2) is 0 Å². The highest BCUT2D eigenvalue weighted by atomic mass is 16.5. The molecular formula is C18H25NO2. The Morgan fingerprint density at radius 2 is 2.05 bits per heavy atom. The van der Waals surface area contributed by atoms with Gasteiger partial charge in [0.1, 0.15) is 19.0 Å².